The summed E-state index contributed by atoms with van der Waals surface area (Å²) in [4.78, 5) is 11.9. The second kappa shape index (κ2) is 10.4. The maximum absolute atomic E-state index is 11.9. The second-order valence-electron chi connectivity index (χ2n) is 5.96. The summed E-state index contributed by atoms with van der Waals surface area (Å²) < 4.78 is 11.3. The van der Waals surface area contributed by atoms with E-state index in [9.17, 15) is 4.79 Å². The summed E-state index contributed by atoms with van der Waals surface area (Å²) in [6.07, 6.45) is 2.73. The number of benzene rings is 2. The van der Waals surface area contributed by atoms with E-state index in [1.54, 1.807) is 0 Å². The van der Waals surface area contributed by atoms with Crippen LogP contribution in [0.15, 0.2) is 48.5 Å². The van der Waals surface area contributed by atoms with Crippen LogP contribution in [0.1, 0.15) is 30.9 Å². The van der Waals surface area contributed by atoms with E-state index in [0.29, 0.717) is 6.54 Å². The fourth-order valence-electron chi connectivity index (χ4n) is 2.48. The minimum Gasteiger partial charge on any atom is -0.493 e. The number of ether oxygens (including phenoxy) is 2. The van der Waals surface area contributed by atoms with E-state index in [4.69, 9.17) is 9.47 Å². The zero-order chi connectivity index (χ0) is 17.9. The molecule has 0 saturated heterocycles. The van der Waals surface area contributed by atoms with E-state index in [-0.39, 0.29) is 12.5 Å². The number of nitrogens with one attached hydrogen (secondary N) is 1. The summed E-state index contributed by atoms with van der Waals surface area (Å²) in [6, 6.07) is 15.8. The number of rotatable bonds is 10. The molecular weight excluding hydrogens is 314 g/mol. The predicted molar refractivity (Wildman–Crippen MR) is 100 cm³/mol. The van der Waals surface area contributed by atoms with Gasteiger partial charge in [0.1, 0.15) is 11.5 Å². The first-order chi connectivity index (χ1) is 12.2. The van der Waals surface area contributed by atoms with Crippen molar-refractivity contribution in [1.29, 1.82) is 0 Å². The van der Waals surface area contributed by atoms with Crippen molar-refractivity contribution in [2.24, 2.45) is 0 Å². The molecule has 0 radical (unpaired) electrons. The minimum atomic E-state index is -0.0984. The second-order valence-corrected chi connectivity index (χ2v) is 5.96. The molecule has 0 aromatic heterocycles. The van der Waals surface area contributed by atoms with Crippen molar-refractivity contribution in [3.63, 3.8) is 0 Å². The lowest BCUT2D eigenvalue weighted by atomic mass is 10.1. The summed E-state index contributed by atoms with van der Waals surface area (Å²) in [5.74, 6) is 1.59. The summed E-state index contributed by atoms with van der Waals surface area (Å²) in [5, 5.41) is 2.90. The third kappa shape index (κ3) is 6.49. The molecule has 0 heterocycles. The van der Waals surface area contributed by atoms with E-state index in [2.05, 4.69) is 18.3 Å². The average Bonchev–Trinajstić information content (AvgIpc) is 2.63. The number of hydrogen-bond acceptors (Lipinski definition) is 3. The SMILES string of the molecule is CCCOc1ccccc1CCCNC(=O)COc1ccccc1C. The van der Waals surface area contributed by atoms with Crippen molar-refractivity contribution in [2.45, 2.75) is 33.1 Å². The van der Waals surface area contributed by atoms with Crippen molar-refractivity contribution in [1.82, 2.24) is 5.32 Å². The monoisotopic (exact) mass is 341 g/mol. The van der Waals surface area contributed by atoms with Gasteiger partial charge in [0.2, 0.25) is 0 Å². The highest BCUT2D eigenvalue weighted by Gasteiger charge is 2.05. The molecule has 25 heavy (non-hydrogen) atoms. The Labute approximate surface area is 150 Å². The number of para-hydroxylation sites is 2. The maximum Gasteiger partial charge on any atom is 0.257 e. The van der Waals surface area contributed by atoms with Gasteiger partial charge in [-0.3, -0.25) is 4.79 Å². The number of carbonyl (C=O) groups is 1. The van der Waals surface area contributed by atoms with E-state index in [0.717, 1.165) is 42.9 Å². The third-order valence-electron chi connectivity index (χ3n) is 3.83. The first kappa shape index (κ1) is 18.8. The van der Waals surface area contributed by atoms with E-state index in [1.807, 2.05) is 49.4 Å². The van der Waals surface area contributed by atoms with E-state index >= 15 is 0 Å². The fraction of sp³-hybridized carbons (Fsp3) is 0.381. The molecular formula is C21H27NO3. The molecule has 0 atom stereocenters. The Morgan fingerprint density at radius 2 is 1.72 bits per heavy atom. The molecule has 134 valence electrons. The molecule has 0 aliphatic heterocycles. The van der Waals surface area contributed by atoms with Gasteiger partial charge in [-0.15, -0.1) is 0 Å². The molecule has 0 aliphatic carbocycles. The lowest BCUT2D eigenvalue weighted by molar-refractivity contribution is -0.123. The minimum absolute atomic E-state index is 0.0427. The van der Waals surface area contributed by atoms with Crippen LogP contribution in [0.5, 0.6) is 11.5 Å². The van der Waals surface area contributed by atoms with E-state index in [1.165, 1.54) is 5.56 Å². The number of carbonyl (C=O) groups excluding carboxylic acids is 1. The summed E-state index contributed by atoms with van der Waals surface area (Å²) >= 11 is 0. The van der Waals surface area contributed by atoms with Gasteiger partial charge >= 0.3 is 0 Å². The van der Waals surface area contributed by atoms with Crippen LogP contribution >= 0.6 is 0 Å². The quantitative estimate of drug-likeness (QED) is 0.667. The molecule has 0 saturated carbocycles. The molecule has 2 rings (SSSR count). The molecule has 0 spiro atoms. The Morgan fingerprint density at radius 3 is 2.48 bits per heavy atom. The fourth-order valence-corrected chi connectivity index (χ4v) is 2.48. The molecule has 0 bridgehead atoms. The molecule has 0 fully saturated rings. The molecule has 1 N–H and O–H groups in total. The van der Waals surface area contributed by atoms with Gasteiger partial charge < -0.3 is 14.8 Å². The Balaban J connectivity index is 1.69. The van der Waals surface area contributed by atoms with Crippen LogP contribution in [-0.4, -0.2) is 25.7 Å². The topological polar surface area (TPSA) is 47.6 Å². The molecule has 4 heteroatoms. The van der Waals surface area contributed by atoms with Crippen LogP contribution in [-0.2, 0) is 11.2 Å². The van der Waals surface area contributed by atoms with Gasteiger partial charge in [0, 0.05) is 6.54 Å². The number of aryl methyl sites for hydroxylation is 2. The summed E-state index contributed by atoms with van der Waals surface area (Å²) in [6.45, 7) is 5.45. The van der Waals surface area contributed by atoms with Gasteiger partial charge in [0.15, 0.2) is 6.61 Å². The Morgan fingerprint density at radius 1 is 1.00 bits per heavy atom. The molecule has 2 aromatic rings. The number of hydrogen-bond donors (Lipinski definition) is 1. The smallest absolute Gasteiger partial charge is 0.257 e. The van der Waals surface area contributed by atoms with Crippen LogP contribution in [0.2, 0.25) is 0 Å². The lowest BCUT2D eigenvalue weighted by Crippen LogP contribution is -2.30. The summed E-state index contributed by atoms with van der Waals surface area (Å²) in [7, 11) is 0. The van der Waals surface area contributed by atoms with Crippen LogP contribution in [0.4, 0.5) is 0 Å². The Bertz CT molecular complexity index is 670. The largest absolute Gasteiger partial charge is 0.493 e. The zero-order valence-corrected chi connectivity index (χ0v) is 15.1. The van der Waals surface area contributed by atoms with Crippen LogP contribution in [0.25, 0.3) is 0 Å². The van der Waals surface area contributed by atoms with Crippen molar-refractivity contribution in [3.8, 4) is 11.5 Å². The predicted octanol–water partition coefficient (Wildman–Crippen LogP) is 3.91. The van der Waals surface area contributed by atoms with Gasteiger partial charge in [-0.05, 0) is 49.4 Å². The zero-order valence-electron chi connectivity index (χ0n) is 15.1. The molecule has 0 unspecified atom stereocenters. The van der Waals surface area contributed by atoms with Crippen molar-refractivity contribution in [3.05, 3.63) is 59.7 Å². The summed E-state index contributed by atoms with van der Waals surface area (Å²) in [5.41, 5.74) is 2.21. The average molecular weight is 341 g/mol. The van der Waals surface area contributed by atoms with E-state index < -0.39 is 0 Å². The van der Waals surface area contributed by atoms with Gasteiger partial charge in [-0.25, -0.2) is 0 Å². The standard InChI is InChI=1S/C21H27NO3/c1-3-15-24-20-13-7-5-10-18(20)11-8-14-22-21(23)16-25-19-12-6-4-9-17(19)2/h4-7,9-10,12-13H,3,8,11,14-16H2,1-2H3,(H,22,23). The number of amides is 1. The van der Waals surface area contributed by atoms with Crippen LogP contribution in [0, 0.1) is 6.92 Å². The van der Waals surface area contributed by atoms with Gasteiger partial charge in [0.05, 0.1) is 6.61 Å². The third-order valence-corrected chi connectivity index (χ3v) is 3.83. The highest BCUT2D eigenvalue weighted by Crippen LogP contribution is 2.19. The van der Waals surface area contributed by atoms with Gasteiger partial charge in [-0.1, -0.05) is 43.3 Å². The van der Waals surface area contributed by atoms with Crippen molar-refractivity contribution >= 4 is 5.91 Å². The highest BCUT2D eigenvalue weighted by molar-refractivity contribution is 5.77. The van der Waals surface area contributed by atoms with Crippen LogP contribution in [0.3, 0.4) is 0 Å². The normalized spacial score (nSPS) is 10.3. The maximum atomic E-state index is 11.9. The molecule has 1 amide bonds. The van der Waals surface area contributed by atoms with Crippen LogP contribution < -0.4 is 14.8 Å². The first-order valence-electron chi connectivity index (χ1n) is 8.86. The lowest BCUT2D eigenvalue weighted by Gasteiger charge is -2.11. The van der Waals surface area contributed by atoms with Gasteiger partial charge in [0.25, 0.3) is 5.91 Å². The molecule has 4 nitrogen and oxygen atoms in total. The first-order valence-corrected chi connectivity index (χ1v) is 8.86. The van der Waals surface area contributed by atoms with Crippen molar-refractivity contribution in [2.75, 3.05) is 19.8 Å². The Kier molecular flexibility index (Phi) is 7.83. The van der Waals surface area contributed by atoms with Crippen molar-refractivity contribution < 1.29 is 14.3 Å². The van der Waals surface area contributed by atoms with Gasteiger partial charge in [-0.2, -0.15) is 0 Å². The molecule has 0 aliphatic rings. The highest BCUT2D eigenvalue weighted by atomic mass is 16.5. The Hall–Kier alpha value is -2.49. The molecule has 2 aromatic carbocycles.